The Hall–Kier alpha value is -2.50. The van der Waals surface area contributed by atoms with Gasteiger partial charge in [0, 0.05) is 23.2 Å². The number of aromatic nitrogens is 5. The molecular weight excluding hydrogens is 206 g/mol. The van der Waals surface area contributed by atoms with Gasteiger partial charge in [-0.15, -0.1) is 15.0 Å². The lowest BCUT2D eigenvalue weighted by molar-refractivity contribution is 0.720. The number of hydrogen-bond donors (Lipinski definition) is 1. The molecule has 6 heteroatoms. The van der Waals surface area contributed by atoms with Crippen molar-refractivity contribution in [3.05, 3.63) is 47.0 Å². The minimum absolute atomic E-state index is 0.0317. The van der Waals surface area contributed by atoms with E-state index in [2.05, 4.69) is 20.4 Å². The highest BCUT2D eigenvalue weighted by atomic mass is 16.1. The Morgan fingerprint density at radius 3 is 3.00 bits per heavy atom. The van der Waals surface area contributed by atoms with Crippen LogP contribution in [0, 0.1) is 0 Å². The molecule has 0 saturated carbocycles. The molecule has 6 nitrogen and oxygen atoms in total. The number of rotatable bonds is 1. The van der Waals surface area contributed by atoms with Crippen molar-refractivity contribution in [3.8, 4) is 5.69 Å². The lowest BCUT2D eigenvalue weighted by Crippen LogP contribution is -2.03. The number of nitrogens with one attached hydrogen (secondary N) is 1. The van der Waals surface area contributed by atoms with E-state index in [4.69, 9.17) is 0 Å². The van der Waals surface area contributed by atoms with Gasteiger partial charge in [-0.25, -0.2) is 0 Å². The quantitative estimate of drug-likeness (QED) is 0.638. The van der Waals surface area contributed by atoms with Gasteiger partial charge in [0.2, 0.25) is 0 Å². The number of benzene rings is 1. The van der Waals surface area contributed by atoms with E-state index in [9.17, 15) is 4.79 Å². The smallest absolute Gasteiger partial charge is 0.189 e. The van der Waals surface area contributed by atoms with E-state index < -0.39 is 0 Å². The Morgan fingerprint density at radius 1 is 1.25 bits per heavy atom. The van der Waals surface area contributed by atoms with Crippen molar-refractivity contribution in [2.45, 2.75) is 0 Å². The maximum atomic E-state index is 11.6. The minimum Gasteiger partial charge on any atom is -0.361 e. The maximum Gasteiger partial charge on any atom is 0.189 e. The molecule has 0 fully saturated rings. The molecule has 78 valence electrons. The predicted molar refractivity (Wildman–Crippen MR) is 57.3 cm³/mol. The Balaban J connectivity index is 2.31. The molecule has 1 N–H and O–H groups in total. The van der Waals surface area contributed by atoms with Crippen LogP contribution in [0.25, 0.3) is 16.6 Å². The van der Waals surface area contributed by atoms with E-state index in [-0.39, 0.29) is 5.43 Å². The number of aromatic amines is 1. The van der Waals surface area contributed by atoms with Crippen molar-refractivity contribution in [1.29, 1.82) is 0 Å². The van der Waals surface area contributed by atoms with Gasteiger partial charge in [0.15, 0.2) is 11.8 Å². The average Bonchev–Trinajstić information content (AvgIpc) is 2.83. The molecule has 0 spiro atoms. The molecule has 1 aromatic carbocycles. The van der Waals surface area contributed by atoms with Crippen LogP contribution in [0.2, 0.25) is 0 Å². The van der Waals surface area contributed by atoms with Gasteiger partial charge in [0.05, 0.1) is 5.69 Å². The van der Waals surface area contributed by atoms with Crippen LogP contribution in [0.4, 0.5) is 0 Å². The summed E-state index contributed by atoms with van der Waals surface area (Å²) >= 11 is 0. The first-order valence-corrected chi connectivity index (χ1v) is 4.69. The SMILES string of the molecule is O=c1cc[nH]c2ccc(-n3ncnn3)cc12. The monoisotopic (exact) mass is 213 g/mol. The largest absolute Gasteiger partial charge is 0.361 e. The van der Waals surface area contributed by atoms with Crippen molar-refractivity contribution >= 4 is 10.9 Å². The maximum absolute atomic E-state index is 11.6. The number of tetrazole rings is 1. The average molecular weight is 213 g/mol. The molecule has 2 aromatic heterocycles. The van der Waals surface area contributed by atoms with Crippen molar-refractivity contribution in [2.75, 3.05) is 0 Å². The van der Waals surface area contributed by atoms with E-state index in [1.165, 1.54) is 17.2 Å². The topological polar surface area (TPSA) is 76.5 Å². The van der Waals surface area contributed by atoms with Gasteiger partial charge in [-0.3, -0.25) is 4.79 Å². The second-order valence-corrected chi connectivity index (χ2v) is 3.30. The fourth-order valence-electron chi connectivity index (χ4n) is 1.57. The molecule has 3 aromatic rings. The van der Waals surface area contributed by atoms with Gasteiger partial charge in [-0.2, -0.15) is 0 Å². The van der Waals surface area contributed by atoms with Crippen LogP contribution in [0.3, 0.4) is 0 Å². The Labute approximate surface area is 89.5 Å². The predicted octanol–water partition coefficient (Wildman–Crippen LogP) is 0.504. The fraction of sp³-hybridized carbons (Fsp3) is 0. The lowest BCUT2D eigenvalue weighted by Gasteiger charge is -2.00. The number of fused-ring (bicyclic) bond motifs is 1. The van der Waals surface area contributed by atoms with Crippen LogP contribution in [-0.4, -0.2) is 25.2 Å². The van der Waals surface area contributed by atoms with Gasteiger partial charge in [-0.1, -0.05) is 0 Å². The Bertz CT molecular complexity index is 686. The van der Waals surface area contributed by atoms with Crippen LogP contribution in [-0.2, 0) is 0 Å². The molecular formula is C10H7N5O. The molecule has 0 aliphatic heterocycles. The molecule has 2 heterocycles. The third kappa shape index (κ3) is 1.28. The van der Waals surface area contributed by atoms with Crippen LogP contribution < -0.4 is 5.43 Å². The normalized spacial score (nSPS) is 10.8. The van der Waals surface area contributed by atoms with Crippen molar-refractivity contribution in [3.63, 3.8) is 0 Å². The fourth-order valence-corrected chi connectivity index (χ4v) is 1.57. The molecule has 0 aliphatic carbocycles. The second-order valence-electron chi connectivity index (χ2n) is 3.30. The zero-order valence-electron chi connectivity index (χ0n) is 8.16. The van der Waals surface area contributed by atoms with Crippen LogP contribution in [0.15, 0.2) is 41.6 Å². The molecule has 0 unspecified atom stereocenters. The second kappa shape index (κ2) is 3.27. The van der Waals surface area contributed by atoms with Gasteiger partial charge in [0.1, 0.15) is 0 Å². The minimum atomic E-state index is -0.0317. The molecule has 0 saturated heterocycles. The summed E-state index contributed by atoms with van der Waals surface area (Å²) in [6, 6.07) is 6.85. The summed E-state index contributed by atoms with van der Waals surface area (Å²) in [5, 5.41) is 11.9. The highest BCUT2D eigenvalue weighted by Gasteiger charge is 2.02. The van der Waals surface area contributed by atoms with E-state index >= 15 is 0 Å². The molecule has 0 radical (unpaired) electrons. The number of pyridine rings is 1. The van der Waals surface area contributed by atoms with Gasteiger partial charge in [0.25, 0.3) is 0 Å². The van der Waals surface area contributed by atoms with E-state index in [0.717, 1.165) is 5.52 Å². The molecule has 0 bridgehead atoms. The summed E-state index contributed by atoms with van der Waals surface area (Å²) < 4.78 is 0. The third-order valence-electron chi connectivity index (χ3n) is 2.32. The standard InChI is InChI=1S/C10H7N5O/c16-10-3-4-11-9-2-1-7(5-8(9)10)15-13-6-12-14-15/h1-6H,(H,11,16). The van der Waals surface area contributed by atoms with E-state index in [1.54, 1.807) is 12.3 Å². The molecule has 16 heavy (non-hydrogen) atoms. The van der Waals surface area contributed by atoms with Crippen LogP contribution >= 0.6 is 0 Å². The van der Waals surface area contributed by atoms with Crippen LogP contribution in [0.1, 0.15) is 0 Å². The molecule has 0 atom stereocenters. The van der Waals surface area contributed by atoms with Crippen molar-refractivity contribution in [1.82, 2.24) is 25.2 Å². The van der Waals surface area contributed by atoms with Gasteiger partial charge in [-0.05, 0) is 23.4 Å². The summed E-state index contributed by atoms with van der Waals surface area (Å²) in [5.74, 6) is 0. The number of nitrogens with zero attached hydrogens (tertiary/aromatic N) is 4. The molecule has 3 rings (SSSR count). The summed E-state index contributed by atoms with van der Waals surface area (Å²) in [6.45, 7) is 0. The van der Waals surface area contributed by atoms with Gasteiger partial charge < -0.3 is 4.98 Å². The summed E-state index contributed by atoms with van der Waals surface area (Å²) in [6.07, 6.45) is 2.97. The molecule has 0 aliphatic rings. The first kappa shape index (κ1) is 8.78. The molecule has 0 amide bonds. The van der Waals surface area contributed by atoms with E-state index in [0.29, 0.717) is 11.1 Å². The number of H-pyrrole nitrogens is 1. The highest BCUT2D eigenvalue weighted by Crippen LogP contribution is 2.11. The van der Waals surface area contributed by atoms with Crippen molar-refractivity contribution < 1.29 is 0 Å². The first-order valence-electron chi connectivity index (χ1n) is 4.69. The zero-order chi connectivity index (χ0) is 11.0. The highest BCUT2D eigenvalue weighted by molar-refractivity contribution is 5.80. The zero-order valence-corrected chi connectivity index (χ0v) is 8.16. The summed E-state index contributed by atoms with van der Waals surface area (Å²) in [7, 11) is 0. The van der Waals surface area contributed by atoms with Crippen LogP contribution in [0.5, 0.6) is 0 Å². The summed E-state index contributed by atoms with van der Waals surface area (Å²) in [5.41, 5.74) is 1.47. The number of hydrogen-bond acceptors (Lipinski definition) is 4. The Morgan fingerprint density at radius 2 is 2.19 bits per heavy atom. The van der Waals surface area contributed by atoms with E-state index in [1.807, 2.05) is 12.1 Å². The summed E-state index contributed by atoms with van der Waals surface area (Å²) in [4.78, 5) is 16.0. The Kier molecular flexibility index (Phi) is 1.79. The first-order chi connectivity index (χ1) is 7.84. The third-order valence-corrected chi connectivity index (χ3v) is 2.32. The van der Waals surface area contributed by atoms with Gasteiger partial charge >= 0.3 is 0 Å². The lowest BCUT2D eigenvalue weighted by atomic mass is 10.2. The van der Waals surface area contributed by atoms with Crippen molar-refractivity contribution in [2.24, 2.45) is 0 Å².